The van der Waals surface area contributed by atoms with Gasteiger partial charge in [-0.05, 0) is 24.5 Å². The fourth-order valence-corrected chi connectivity index (χ4v) is 1.14. The zero-order chi connectivity index (χ0) is 8.97. The van der Waals surface area contributed by atoms with Crippen LogP contribution in [0.3, 0.4) is 0 Å². The van der Waals surface area contributed by atoms with E-state index in [2.05, 4.69) is 13.8 Å². The molecule has 1 heterocycles. The van der Waals surface area contributed by atoms with Gasteiger partial charge in [0.1, 0.15) is 11.9 Å². The minimum Gasteiger partial charge on any atom is -0.467 e. The Kier molecular flexibility index (Phi) is 3.35. The largest absolute Gasteiger partial charge is 0.467 e. The Bertz CT molecular complexity index is 204. The lowest BCUT2D eigenvalue weighted by molar-refractivity contribution is 0.122. The van der Waals surface area contributed by atoms with Crippen LogP contribution in [0.4, 0.5) is 0 Å². The predicted molar refractivity (Wildman–Crippen MR) is 47.7 cm³/mol. The van der Waals surface area contributed by atoms with Gasteiger partial charge >= 0.3 is 0 Å². The summed E-state index contributed by atoms with van der Waals surface area (Å²) in [6, 6.07) is 3.61. The van der Waals surface area contributed by atoms with Crippen molar-refractivity contribution < 1.29 is 9.52 Å². The van der Waals surface area contributed by atoms with Crippen LogP contribution in [0.5, 0.6) is 0 Å². The van der Waals surface area contributed by atoms with E-state index in [1.54, 1.807) is 12.3 Å². The SMILES string of the molecule is CCC(C)CC(O)c1ccco1. The molecule has 0 aliphatic rings. The molecule has 2 heteroatoms. The van der Waals surface area contributed by atoms with Crippen molar-refractivity contribution in [1.82, 2.24) is 0 Å². The average Bonchev–Trinajstić information content (AvgIpc) is 2.56. The molecule has 0 saturated heterocycles. The molecule has 0 spiro atoms. The monoisotopic (exact) mass is 168 g/mol. The summed E-state index contributed by atoms with van der Waals surface area (Å²) in [6.07, 6.45) is 3.03. The summed E-state index contributed by atoms with van der Waals surface area (Å²) < 4.78 is 5.09. The van der Waals surface area contributed by atoms with Crippen LogP contribution in [0.2, 0.25) is 0 Å². The molecular formula is C10H16O2. The maximum Gasteiger partial charge on any atom is 0.132 e. The van der Waals surface area contributed by atoms with Gasteiger partial charge in [-0.3, -0.25) is 0 Å². The first kappa shape index (κ1) is 9.33. The first-order chi connectivity index (χ1) is 5.74. The van der Waals surface area contributed by atoms with E-state index in [1.807, 2.05) is 6.07 Å². The van der Waals surface area contributed by atoms with Gasteiger partial charge in [-0.25, -0.2) is 0 Å². The molecule has 12 heavy (non-hydrogen) atoms. The van der Waals surface area contributed by atoms with Crippen molar-refractivity contribution in [3.63, 3.8) is 0 Å². The summed E-state index contributed by atoms with van der Waals surface area (Å²) in [5.74, 6) is 1.22. The normalized spacial score (nSPS) is 15.9. The summed E-state index contributed by atoms with van der Waals surface area (Å²) in [4.78, 5) is 0. The number of hydrogen-bond donors (Lipinski definition) is 1. The highest BCUT2D eigenvalue weighted by Gasteiger charge is 2.12. The third kappa shape index (κ3) is 2.38. The van der Waals surface area contributed by atoms with Crippen LogP contribution < -0.4 is 0 Å². The summed E-state index contributed by atoms with van der Waals surface area (Å²) >= 11 is 0. The molecule has 0 radical (unpaired) electrons. The van der Waals surface area contributed by atoms with E-state index < -0.39 is 6.10 Å². The summed E-state index contributed by atoms with van der Waals surface area (Å²) in [7, 11) is 0. The third-order valence-electron chi connectivity index (χ3n) is 2.19. The smallest absolute Gasteiger partial charge is 0.132 e. The topological polar surface area (TPSA) is 33.4 Å². The molecule has 1 aromatic rings. The second-order valence-corrected chi connectivity index (χ2v) is 3.28. The highest BCUT2D eigenvalue weighted by molar-refractivity contribution is 5.01. The number of aliphatic hydroxyl groups excluding tert-OH is 1. The highest BCUT2D eigenvalue weighted by atomic mass is 16.4. The molecule has 0 aliphatic heterocycles. The molecule has 0 saturated carbocycles. The van der Waals surface area contributed by atoms with Gasteiger partial charge < -0.3 is 9.52 Å². The van der Waals surface area contributed by atoms with Gasteiger partial charge in [0.05, 0.1) is 6.26 Å². The number of aliphatic hydroxyl groups is 1. The van der Waals surface area contributed by atoms with E-state index in [0.29, 0.717) is 11.7 Å². The van der Waals surface area contributed by atoms with E-state index in [1.165, 1.54) is 0 Å². The van der Waals surface area contributed by atoms with Gasteiger partial charge in [0, 0.05) is 0 Å². The quantitative estimate of drug-likeness (QED) is 0.749. The van der Waals surface area contributed by atoms with Gasteiger partial charge in [-0.15, -0.1) is 0 Å². The minimum atomic E-state index is -0.435. The van der Waals surface area contributed by atoms with E-state index in [-0.39, 0.29) is 0 Å². The van der Waals surface area contributed by atoms with E-state index in [4.69, 9.17) is 4.42 Å². The van der Waals surface area contributed by atoms with E-state index >= 15 is 0 Å². The van der Waals surface area contributed by atoms with Crippen LogP contribution in [0, 0.1) is 5.92 Å². The van der Waals surface area contributed by atoms with Crippen molar-refractivity contribution in [2.24, 2.45) is 5.92 Å². The second kappa shape index (κ2) is 4.31. The predicted octanol–water partition coefficient (Wildman–Crippen LogP) is 2.75. The highest BCUT2D eigenvalue weighted by Crippen LogP contribution is 2.22. The van der Waals surface area contributed by atoms with E-state index in [0.717, 1.165) is 12.8 Å². The van der Waals surface area contributed by atoms with Gasteiger partial charge in [-0.1, -0.05) is 20.3 Å². The van der Waals surface area contributed by atoms with Crippen LogP contribution in [-0.2, 0) is 0 Å². The molecule has 2 atom stereocenters. The molecule has 1 rings (SSSR count). The Morgan fingerprint density at radius 3 is 2.83 bits per heavy atom. The number of furan rings is 1. The summed E-state index contributed by atoms with van der Waals surface area (Å²) in [6.45, 7) is 4.26. The van der Waals surface area contributed by atoms with Crippen molar-refractivity contribution in [3.8, 4) is 0 Å². The van der Waals surface area contributed by atoms with Crippen molar-refractivity contribution >= 4 is 0 Å². The Morgan fingerprint density at radius 1 is 1.58 bits per heavy atom. The van der Waals surface area contributed by atoms with E-state index in [9.17, 15) is 5.11 Å². The van der Waals surface area contributed by atoms with Crippen LogP contribution in [0.25, 0.3) is 0 Å². The molecule has 1 aromatic heterocycles. The van der Waals surface area contributed by atoms with Crippen LogP contribution >= 0.6 is 0 Å². The molecule has 0 amide bonds. The molecule has 0 aromatic carbocycles. The molecule has 68 valence electrons. The first-order valence-electron chi connectivity index (χ1n) is 4.45. The lowest BCUT2D eigenvalue weighted by Crippen LogP contribution is -2.02. The van der Waals surface area contributed by atoms with Crippen molar-refractivity contribution in [2.75, 3.05) is 0 Å². The molecule has 1 N–H and O–H groups in total. The molecular weight excluding hydrogens is 152 g/mol. The Hall–Kier alpha value is -0.760. The Labute approximate surface area is 73.2 Å². The number of hydrogen-bond acceptors (Lipinski definition) is 2. The molecule has 0 fully saturated rings. The fraction of sp³-hybridized carbons (Fsp3) is 0.600. The Morgan fingerprint density at radius 2 is 2.33 bits per heavy atom. The summed E-state index contributed by atoms with van der Waals surface area (Å²) in [5, 5.41) is 9.62. The van der Waals surface area contributed by atoms with Crippen LogP contribution in [0.15, 0.2) is 22.8 Å². The lowest BCUT2D eigenvalue weighted by Gasteiger charge is -2.12. The standard InChI is InChI=1S/C10H16O2/c1-3-8(2)7-9(11)10-5-4-6-12-10/h4-6,8-9,11H,3,7H2,1-2H3. The summed E-state index contributed by atoms with van der Waals surface area (Å²) in [5.41, 5.74) is 0. The maximum absolute atomic E-state index is 9.62. The van der Waals surface area contributed by atoms with Crippen LogP contribution in [-0.4, -0.2) is 5.11 Å². The zero-order valence-corrected chi connectivity index (χ0v) is 7.66. The van der Waals surface area contributed by atoms with Gasteiger partial charge in [0.25, 0.3) is 0 Å². The van der Waals surface area contributed by atoms with Crippen molar-refractivity contribution in [3.05, 3.63) is 24.2 Å². The second-order valence-electron chi connectivity index (χ2n) is 3.28. The molecule has 2 unspecified atom stereocenters. The average molecular weight is 168 g/mol. The third-order valence-corrected chi connectivity index (χ3v) is 2.19. The zero-order valence-electron chi connectivity index (χ0n) is 7.66. The maximum atomic E-state index is 9.62. The number of rotatable bonds is 4. The lowest BCUT2D eigenvalue weighted by atomic mass is 10.00. The van der Waals surface area contributed by atoms with Crippen molar-refractivity contribution in [2.45, 2.75) is 32.8 Å². The minimum absolute atomic E-state index is 0.435. The van der Waals surface area contributed by atoms with Gasteiger partial charge in [0.2, 0.25) is 0 Å². The van der Waals surface area contributed by atoms with Gasteiger partial charge in [0.15, 0.2) is 0 Å². The fourth-order valence-electron chi connectivity index (χ4n) is 1.14. The molecule has 2 nitrogen and oxygen atoms in total. The van der Waals surface area contributed by atoms with Crippen LogP contribution in [0.1, 0.15) is 38.6 Å². The Balaban J connectivity index is 2.44. The molecule has 0 bridgehead atoms. The molecule has 0 aliphatic carbocycles. The van der Waals surface area contributed by atoms with Crippen molar-refractivity contribution in [1.29, 1.82) is 0 Å². The first-order valence-corrected chi connectivity index (χ1v) is 4.45. The van der Waals surface area contributed by atoms with Gasteiger partial charge in [-0.2, -0.15) is 0 Å².